The van der Waals surface area contributed by atoms with Gasteiger partial charge in [0.2, 0.25) is 11.8 Å². The molecule has 1 aromatic heterocycles. The van der Waals surface area contributed by atoms with Crippen LogP contribution in [0.5, 0.6) is 0 Å². The number of carbonyl (C=O) groups is 1. The third-order valence-corrected chi connectivity index (χ3v) is 4.74. The van der Waals surface area contributed by atoms with Crippen molar-refractivity contribution in [2.75, 3.05) is 19.6 Å². The lowest BCUT2D eigenvalue weighted by atomic mass is 9.95. The summed E-state index contributed by atoms with van der Waals surface area (Å²) in [5.41, 5.74) is 0. The van der Waals surface area contributed by atoms with Crippen LogP contribution in [0.25, 0.3) is 0 Å². The summed E-state index contributed by atoms with van der Waals surface area (Å²) >= 11 is 0. The summed E-state index contributed by atoms with van der Waals surface area (Å²) in [7, 11) is 0. The number of aromatic nitrogens is 2. The molecule has 2 fully saturated rings. The Bertz CT molecular complexity index is 496. The predicted octanol–water partition coefficient (Wildman–Crippen LogP) is 2.01. The lowest BCUT2D eigenvalue weighted by molar-refractivity contribution is -0.123. The Morgan fingerprint density at radius 2 is 2.09 bits per heavy atom. The number of hydrogen-bond acceptors (Lipinski definition) is 5. The van der Waals surface area contributed by atoms with E-state index in [1.165, 1.54) is 19.3 Å². The molecule has 0 spiro atoms. The molecule has 1 saturated carbocycles. The van der Waals surface area contributed by atoms with E-state index in [-0.39, 0.29) is 11.8 Å². The molecule has 0 bridgehead atoms. The molecule has 1 aliphatic heterocycles. The van der Waals surface area contributed by atoms with Crippen molar-refractivity contribution in [1.29, 1.82) is 0 Å². The minimum Gasteiger partial charge on any atom is -0.352 e. The van der Waals surface area contributed by atoms with Gasteiger partial charge in [-0.15, -0.1) is 0 Å². The van der Waals surface area contributed by atoms with Gasteiger partial charge in [-0.05, 0) is 39.2 Å². The van der Waals surface area contributed by atoms with E-state index in [2.05, 4.69) is 20.4 Å². The molecule has 6 heteroatoms. The number of hydrogen-bond donors (Lipinski definition) is 1. The lowest BCUT2D eigenvalue weighted by Gasteiger charge is -2.31. The van der Waals surface area contributed by atoms with Gasteiger partial charge in [0.25, 0.3) is 0 Å². The molecule has 6 nitrogen and oxygen atoms in total. The molecule has 0 aromatic carbocycles. The Morgan fingerprint density at radius 1 is 1.27 bits per heavy atom. The summed E-state index contributed by atoms with van der Waals surface area (Å²) in [5.74, 6) is 1.82. The van der Waals surface area contributed by atoms with Crippen LogP contribution in [0.1, 0.15) is 62.6 Å². The highest BCUT2D eigenvalue weighted by Crippen LogP contribution is 2.25. The smallest absolute Gasteiger partial charge is 0.234 e. The zero-order valence-corrected chi connectivity index (χ0v) is 13.4. The molecule has 1 aromatic rings. The first-order chi connectivity index (χ1) is 10.7. The summed E-state index contributed by atoms with van der Waals surface area (Å²) in [4.78, 5) is 18.8. The second-order valence-electron chi connectivity index (χ2n) is 6.66. The third-order valence-electron chi connectivity index (χ3n) is 4.74. The average molecular weight is 306 g/mol. The molecule has 2 heterocycles. The summed E-state index contributed by atoms with van der Waals surface area (Å²) < 4.78 is 5.29. The number of amides is 1. The van der Waals surface area contributed by atoms with Gasteiger partial charge in [-0.25, -0.2) is 0 Å². The van der Waals surface area contributed by atoms with Crippen molar-refractivity contribution >= 4 is 5.91 Å². The minimum atomic E-state index is 0.161. The Labute approximate surface area is 131 Å². The predicted molar refractivity (Wildman–Crippen MR) is 82.5 cm³/mol. The molecule has 1 aliphatic carbocycles. The molecule has 1 amide bonds. The van der Waals surface area contributed by atoms with Gasteiger partial charge in [-0.1, -0.05) is 24.4 Å². The van der Waals surface area contributed by atoms with Gasteiger partial charge >= 0.3 is 0 Å². The number of likely N-dealkylation sites (tertiary alicyclic amines) is 1. The van der Waals surface area contributed by atoms with Crippen molar-refractivity contribution in [3.63, 3.8) is 0 Å². The maximum absolute atomic E-state index is 12.2. The van der Waals surface area contributed by atoms with Crippen molar-refractivity contribution in [2.45, 2.75) is 63.8 Å². The Hall–Kier alpha value is -1.43. The fourth-order valence-corrected chi connectivity index (χ4v) is 3.60. The van der Waals surface area contributed by atoms with E-state index in [1.807, 2.05) is 6.92 Å². The number of carbonyl (C=O) groups excluding carboxylic acids is 1. The number of piperidine rings is 1. The molecule has 122 valence electrons. The zero-order valence-electron chi connectivity index (χ0n) is 13.4. The van der Waals surface area contributed by atoms with Crippen molar-refractivity contribution in [3.8, 4) is 0 Å². The molecule has 3 rings (SSSR count). The second-order valence-corrected chi connectivity index (χ2v) is 6.66. The van der Waals surface area contributed by atoms with Gasteiger partial charge in [0, 0.05) is 12.6 Å². The monoisotopic (exact) mass is 306 g/mol. The summed E-state index contributed by atoms with van der Waals surface area (Å²) in [6.45, 7) is 4.13. The van der Waals surface area contributed by atoms with Crippen LogP contribution in [-0.4, -0.2) is 46.6 Å². The number of aryl methyl sites for hydroxylation is 1. The van der Waals surface area contributed by atoms with Gasteiger partial charge in [0.1, 0.15) is 0 Å². The summed E-state index contributed by atoms with van der Waals surface area (Å²) in [6, 6.07) is 0.389. The van der Waals surface area contributed by atoms with Crippen molar-refractivity contribution < 1.29 is 9.32 Å². The molecule has 2 aliphatic rings. The van der Waals surface area contributed by atoms with Gasteiger partial charge in [-0.3, -0.25) is 9.69 Å². The van der Waals surface area contributed by atoms with Crippen LogP contribution in [0.4, 0.5) is 0 Å². The highest BCUT2D eigenvalue weighted by atomic mass is 16.5. The van der Waals surface area contributed by atoms with E-state index >= 15 is 0 Å². The Kier molecular flexibility index (Phi) is 5.08. The first kappa shape index (κ1) is 15.5. The van der Waals surface area contributed by atoms with Gasteiger partial charge in [-0.2, -0.15) is 4.98 Å². The van der Waals surface area contributed by atoms with Gasteiger partial charge in [0.15, 0.2) is 5.82 Å². The highest BCUT2D eigenvalue weighted by Gasteiger charge is 2.27. The van der Waals surface area contributed by atoms with Crippen molar-refractivity contribution in [2.24, 2.45) is 0 Å². The van der Waals surface area contributed by atoms with Crippen LogP contribution in [0, 0.1) is 6.92 Å². The SMILES string of the molecule is Cc1noc(C2CCCN(CC(=O)NC3CCCCC3)C2)n1. The summed E-state index contributed by atoms with van der Waals surface area (Å²) in [6.07, 6.45) is 8.20. The second kappa shape index (κ2) is 7.22. The van der Waals surface area contributed by atoms with E-state index in [4.69, 9.17) is 4.52 Å². The van der Waals surface area contributed by atoms with Crippen LogP contribution in [0.15, 0.2) is 4.52 Å². The quantitative estimate of drug-likeness (QED) is 0.921. The van der Waals surface area contributed by atoms with Crippen LogP contribution < -0.4 is 5.32 Å². The zero-order chi connectivity index (χ0) is 15.4. The van der Waals surface area contributed by atoms with E-state index in [1.54, 1.807) is 0 Å². The largest absolute Gasteiger partial charge is 0.352 e. The fraction of sp³-hybridized carbons (Fsp3) is 0.812. The van der Waals surface area contributed by atoms with Crippen LogP contribution in [-0.2, 0) is 4.79 Å². The molecular formula is C16H26N4O2. The molecule has 1 N–H and O–H groups in total. The average Bonchev–Trinajstić information content (AvgIpc) is 2.95. The topological polar surface area (TPSA) is 71.3 Å². The molecule has 22 heavy (non-hydrogen) atoms. The third kappa shape index (κ3) is 4.06. The van der Waals surface area contributed by atoms with E-state index in [0.29, 0.717) is 18.4 Å². The lowest BCUT2D eigenvalue weighted by Crippen LogP contribution is -2.45. The molecule has 1 saturated heterocycles. The van der Waals surface area contributed by atoms with E-state index in [9.17, 15) is 4.79 Å². The maximum atomic E-state index is 12.2. The summed E-state index contributed by atoms with van der Waals surface area (Å²) in [5, 5.41) is 7.06. The standard InChI is InChI=1S/C16H26N4O2/c1-12-17-16(22-19-12)13-6-5-9-20(10-13)11-15(21)18-14-7-3-2-4-8-14/h13-14H,2-11H2,1H3,(H,18,21). The fourth-order valence-electron chi connectivity index (χ4n) is 3.60. The van der Waals surface area contributed by atoms with Crippen LogP contribution in [0.3, 0.4) is 0 Å². The van der Waals surface area contributed by atoms with Crippen molar-refractivity contribution in [3.05, 3.63) is 11.7 Å². The minimum absolute atomic E-state index is 0.161. The van der Waals surface area contributed by atoms with E-state index in [0.717, 1.165) is 44.7 Å². The van der Waals surface area contributed by atoms with Crippen molar-refractivity contribution in [1.82, 2.24) is 20.4 Å². The Morgan fingerprint density at radius 3 is 2.82 bits per heavy atom. The van der Waals surface area contributed by atoms with E-state index < -0.39 is 0 Å². The van der Waals surface area contributed by atoms with Crippen LogP contribution in [0.2, 0.25) is 0 Å². The number of nitrogens with zero attached hydrogens (tertiary/aromatic N) is 3. The highest BCUT2D eigenvalue weighted by molar-refractivity contribution is 5.78. The molecular weight excluding hydrogens is 280 g/mol. The van der Waals surface area contributed by atoms with Gasteiger partial charge in [0.05, 0.1) is 12.5 Å². The number of nitrogens with one attached hydrogen (secondary N) is 1. The molecule has 0 radical (unpaired) electrons. The molecule has 1 atom stereocenters. The first-order valence-electron chi connectivity index (χ1n) is 8.52. The molecule has 1 unspecified atom stereocenters. The normalized spacial score (nSPS) is 24.3. The van der Waals surface area contributed by atoms with Gasteiger partial charge < -0.3 is 9.84 Å². The first-order valence-corrected chi connectivity index (χ1v) is 8.52. The van der Waals surface area contributed by atoms with Crippen LogP contribution >= 0.6 is 0 Å². The maximum Gasteiger partial charge on any atom is 0.234 e. The number of rotatable bonds is 4. The Balaban J connectivity index is 1.48.